The van der Waals surface area contributed by atoms with Crippen LogP contribution in [0.5, 0.6) is 0 Å². The number of nitrogens with one attached hydrogen (secondary N) is 2. The molecule has 182 valence electrons. The minimum absolute atomic E-state index is 0.125. The Morgan fingerprint density at radius 2 is 1.94 bits per heavy atom. The zero-order valence-electron chi connectivity index (χ0n) is 17.5. The SMILES string of the molecule is O=C(CS(=O)(=O)O)NCc1nc(NC2CCCC2)c2ncn(C3OC(CO)C(O)C3O)c2n1. The monoisotopic (exact) mass is 486 g/mol. The number of fused-ring (bicyclic) bond motifs is 1. The molecule has 1 aliphatic carbocycles. The number of hydrogen-bond donors (Lipinski definition) is 6. The number of hydrogen-bond acceptors (Lipinski definition) is 11. The molecule has 1 saturated carbocycles. The van der Waals surface area contributed by atoms with E-state index in [2.05, 4.69) is 25.6 Å². The fourth-order valence-corrected chi connectivity index (χ4v) is 4.53. The second-order valence-corrected chi connectivity index (χ2v) is 9.62. The van der Waals surface area contributed by atoms with Gasteiger partial charge in [-0.15, -0.1) is 0 Å². The van der Waals surface area contributed by atoms with E-state index < -0.39 is 52.9 Å². The van der Waals surface area contributed by atoms with Crippen molar-refractivity contribution >= 4 is 33.0 Å². The molecular weight excluding hydrogens is 460 g/mol. The van der Waals surface area contributed by atoms with Crippen LogP contribution in [-0.4, -0.2) is 90.4 Å². The Morgan fingerprint density at radius 3 is 2.58 bits per heavy atom. The highest BCUT2D eigenvalue weighted by atomic mass is 32.2. The zero-order valence-corrected chi connectivity index (χ0v) is 18.3. The average molecular weight is 487 g/mol. The summed E-state index contributed by atoms with van der Waals surface area (Å²) >= 11 is 0. The lowest BCUT2D eigenvalue weighted by Crippen LogP contribution is -2.33. The van der Waals surface area contributed by atoms with Crippen molar-refractivity contribution in [3.63, 3.8) is 0 Å². The van der Waals surface area contributed by atoms with Gasteiger partial charge in [-0.05, 0) is 12.8 Å². The van der Waals surface area contributed by atoms with E-state index in [-0.39, 0.29) is 24.1 Å². The van der Waals surface area contributed by atoms with Crippen LogP contribution in [0.2, 0.25) is 0 Å². The third kappa shape index (κ3) is 5.23. The number of imidazole rings is 1. The van der Waals surface area contributed by atoms with Gasteiger partial charge in [-0.1, -0.05) is 12.8 Å². The van der Waals surface area contributed by atoms with Crippen LogP contribution in [0.4, 0.5) is 5.82 Å². The maximum atomic E-state index is 11.8. The number of carbonyl (C=O) groups is 1. The molecule has 2 aromatic rings. The highest BCUT2D eigenvalue weighted by Crippen LogP contribution is 2.33. The fourth-order valence-electron chi connectivity index (χ4n) is 4.10. The lowest BCUT2D eigenvalue weighted by molar-refractivity contribution is -0.118. The van der Waals surface area contributed by atoms with Gasteiger partial charge in [0.05, 0.1) is 19.5 Å². The van der Waals surface area contributed by atoms with Crippen molar-refractivity contribution in [3.05, 3.63) is 12.2 Å². The third-order valence-electron chi connectivity index (χ3n) is 5.71. The molecule has 4 rings (SSSR count). The first kappa shape index (κ1) is 23.7. The van der Waals surface area contributed by atoms with Crippen molar-refractivity contribution in [1.82, 2.24) is 24.8 Å². The first-order valence-electron chi connectivity index (χ1n) is 10.5. The maximum Gasteiger partial charge on any atom is 0.274 e. The Balaban J connectivity index is 1.66. The van der Waals surface area contributed by atoms with E-state index >= 15 is 0 Å². The molecule has 6 N–H and O–H groups in total. The summed E-state index contributed by atoms with van der Waals surface area (Å²) in [6.07, 6.45) is 0.692. The van der Waals surface area contributed by atoms with Gasteiger partial charge in [0.15, 0.2) is 34.8 Å². The molecule has 2 fully saturated rings. The van der Waals surface area contributed by atoms with E-state index in [9.17, 15) is 28.5 Å². The summed E-state index contributed by atoms with van der Waals surface area (Å²) in [5.41, 5.74) is 0.631. The molecule has 1 saturated heterocycles. The lowest BCUT2D eigenvalue weighted by atomic mass is 10.1. The first-order chi connectivity index (χ1) is 15.7. The fraction of sp³-hybridized carbons (Fsp3) is 0.667. The Kier molecular flexibility index (Phi) is 6.78. The van der Waals surface area contributed by atoms with Gasteiger partial charge in [0, 0.05) is 6.04 Å². The van der Waals surface area contributed by atoms with Gasteiger partial charge in [0.2, 0.25) is 5.91 Å². The summed E-state index contributed by atoms with van der Waals surface area (Å²) in [6, 6.07) is 0.170. The average Bonchev–Trinajstić information content (AvgIpc) is 3.46. The van der Waals surface area contributed by atoms with Crippen LogP contribution in [0, 0.1) is 0 Å². The predicted octanol–water partition coefficient (Wildman–Crippen LogP) is -1.70. The normalized spacial score (nSPS) is 26.2. The summed E-state index contributed by atoms with van der Waals surface area (Å²) in [5, 5.41) is 35.6. The molecule has 2 aromatic heterocycles. The molecule has 4 atom stereocenters. The Bertz CT molecular complexity index is 1120. The molecule has 0 bridgehead atoms. The van der Waals surface area contributed by atoms with Crippen molar-refractivity contribution in [2.75, 3.05) is 17.7 Å². The molecule has 15 heteroatoms. The summed E-state index contributed by atoms with van der Waals surface area (Å²) in [6.45, 7) is -0.722. The number of amides is 1. The van der Waals surface area contributed by atoms with Gasteiger partial charge in [-0.2, -0.15) is 8.42 Å². The van der Waals surface area contributed by atoms with E-state index in [0.717, 1.165) is 25.7 Å². The summed E-state index contributed by atoms with van der Waals surface area (Å²) in [7, 11) is -4.48. The number of ether oxygens (including phenoxy) is 1. The van der Waals surface area contributed by atoms with Crippen molar-refractivity contribution in [2.24, 2.45) is 0 Å². The Morgan fingerprint density at radius 1 is 1.21 bits per heavy atom. The van der Waals surface area contributed by atoms with Gasteiger partial charge in [0.25, 0.3) is 10.1 Å². The molecule has 0 aromatic carbocycles. The van der Waals surface area contributed by atoms with Crippen LogP contribution < -0.4 is 10.6 Å². The highest BCUT2D eigenvalue weighted by molar-refractivity contribution is 7.86. The largest absolute Gasteiger partial charge is 0.394 e. The highest BCUT2D eigenvalue weighted by Gasteiger charge is 2.44. The molecule has 1 amide bonds. The zero-order chi connectivity index (χ0) is 23.8. The van der Waals surface area contributed by atoms with Crippen molar-refractivity contribution in [1.29, 1.82) is 0 Å². The molecule has 2 aliphatic rings. The Labute approximate surface area is 188 Å². The van der Waals surface area contributed by atoms with E-state index in [0.29, 0.717) is 11.3 Å². The molecule has 4 unspecified atom stereocenters. The molecule has 3 heterocycles. The van der Waals surface area contributed by atoms with Crippen molar-refractivity contribution in [2.45, 2.75) is 62.8 Å². The first-order valence-corrected chi connectivity index (χ1v) is 12.1. The lowest BCUT2D eigenvalue weighted by Gasteiger charge is -2.18. The van der Waals surface area contributed by atoms with Crippen LogP contribution in [0.1, 0.15) is 37.7 Å². The van der Waals surface area contributed by atoms with Gasteiger partial charge in [-0.3, -0.25) is 13.9 Å². The molecular formula is C18H26N6O8S. The summed E-state index contributed by atoms with van der Waals surface area (Å²) < 4.78 is 37.6. The van der Waals surface area contributed by atoms with Gasteiger partial charge in [0.1, 0.15) is 18.3 Å². The molecule has 14 nitrogen and oxygen atoms in total. The van der Waals surface area contributed by atoms with Crippen LogP contribution in [0.3, 0.4) is 0 Å². The quantitative estimate of drug-likeness (QED) is 0.231. The molecule has 0 radical (unpaired) electrons. The van der Waals surface area contributed by atoms with E-state index in [1.165, 1.54) is 10.9 Å². The number of rotatable bonds is 8. The number of aliphatic hydroxyl groups excluding tert-OH is 3. The van der Waals surface area contributed by atoms with Gasteiger partial charge >= 0.3 is 0 Å². The summed E-state index contributed by atoms with van der Waals surface area (Å²) in [4.78, 5) is 24.9. The van der Waals surface area contributed by atoms with E-state index in [1.54, 1.807) is 0 Å². The Hall–Kier alpha value is -2.43. The van der Waals surface area contributed by atoms with Crippen molar-refractivity contribution in [3.8, 4) is 0 Å². The van der Waals surface area contributed by atoms with Crippen LogP contribution >= 0.6 is 0 Å². The molecule has 0 spiro atoms. The smallest absolute Gasteiger partial charge is 0.274 e. The van der Waals surface area contributed by atoms with Crippen LogP contribution in [0.15, 0.2) is 6.33 Å². The van der Waals surface area contributed by atoms with Crippen LogP contribution in [0.25, 0.3) is 11.2 Å². The van der Waals surface area contributed by atoms with Crippen molar-refractivity contribution < 1.29 is 37.8 Å². The number of nitrogens with zero attached hydrogens (tertiary/aromatic N) is 4. The number of aromatic nitrogens is 4. The standard InChI is InChI=1S/C18H26N6O8S/c25-6-10-14(27)15(28)18(32-10)24-8-20-13-16(21-9-3-1-2-4-9)22-11(23-17(13)24)5-19-12(26)7-33(29,30)31/h8-10,14-15,18,25,27-28H,1-7H2,(H,19,26)(H,21,22,23)(H,29,30,31). The molecule has 33 heavy (non-hydrogen) atoms. The minimum atomic E-state index is -4.48. The maximum absolute atomic E-state index is 11.8. The van der Waals surface area contributed by atoms with Gasteiger partial charge in [-0.25, -0.2) is 15.0 Å². The van der Waals surface area contributed by atoms with Gasteiger partial charge < -0.3 is 30.7 Å². The number of aliphatic hydroxyl groups is 3. The molecule has 1 aliphatic heterocycles. The van der Waals surface area contributed by atoms with E-state index in [4.69, 9.17) is 9.29 Å². The summed E-state index contributed by atoms with van der Waals surface area (Å²) in [5.74, 6) is -1.50. The second-order valence-electron chi connectivity index (χ2n) is 8.17. The minimum Gasteiger partial charge on any atom is -0.394 e. The predicted molar refractivity (Wildman–Crippen MR) is 112 cm³/mol. The second kappa shape index (κ2) is 9.44. The topological polar surface area (TPSA) is 209 Å². The van der Waals surface area contributed by atoms with Crippen LogP contribution in [-0.2, 0) is 26.2 Å². The third-order valence-corrected chi connectivity index (χ3v) is 6.34. The van der Waals surface area contributed by atoms with E-state index in [1.807, 2.05) is 0 Å². The number of carbonyl (C=O) groups excluding carboxylic acids is 1. The number of anilines is 1.